The molecule has 0 atom stereocenters. The van der Waals surface area contributed by atoms with Crippen LogP contribution in [0, 0.1) is 0 Å². The zero-order chi connectivity index (χ0) is 13.3. The second-order valence-electron chi connectivity index (χ2n) is 4.97. The van der Waals surface area contributed by atoms with Crippen molar-refractivity contribution in [2.75, 3.05) is 6.54 Å². The molecule has 0 radical (unpaired) electrons. The van der Waals surface area contributed by atoms with E-state index in [0.29, 0.717) is 6.54 Å². The maximum absolute atomic E-state index is 12.2. The van der Waals surface area contributed by atoms with Crippen molar-refractivity contribution in [1.82, 2.24) is 20.0 Å². The van der Waals surface area contributed by atoms with Gasteiger partial charge in [-0.2, -0.15) is 5.10 Å². The normalized spacial score (nSPS) is 19.4. The number of amides is 2. The van der Waals surface area contributed by atoms with Crippen LogP contribution < -0.4 is 5.32 Å². The van der Waals surface area contributed by atoms with E-state index >= 15 is 0 Å². The van der Waals surface area contributed by atoms with Crippen LogP contribution in [0.25, 0.3) is 0 Å². The molecular weight excluding hydrogens is 232 g/mol. The minimum Gasteiger partial charge on any atom is -0.295 e. The Bertz CT molecular complexity index is 478. The SMILES string of the molecule is CCn1cc(CN2C(=O)CNC(C)(C)C2=O)cn1. The first-order chi connectivity index (χ1) is 8.44. The van der Waals surface area contributed by atoms with Crippen LogP contribution in [0.4, 0.5) is 0 Å². The van der Waals surface area contributed by atoms with E-state index in [1.54, 1.807) is 24.7 Å². The summed E-state index contributed by atoms with van der Waals surface area (Å²) < 4.78 is 1.78. The molecule has 0 bridgehead atoms. The Kier molecular flexibility index (Phi) is 3.21. The van der Waals surface area contributed by atoms with Crippen LogP contribution in [0.1, 0.15) is 26.3 Å². The molecule has 1 aromatic heterocycles. The van der Waals surface area contributed by atoms with Crippen LogP contribution in [0.5, 0.6) is 0 Å². The van der Waals surface area contributed by atoms with Crippen molar-refractivity contribution >= 4 is 11.8 Å². The molecule has 2 amide bonds. The molecule has 6 heteroatoms. The zero-order valence-electron chi connectivity index (χ0n) is 10.9. The highest BCUT2D eigenvalue weighted by molar-refractivity contribution is 6.02. The van der Waals surface area contributed by atoms with Crippen LogP contribution in [-0.4, -0.2) is 38.6 Å². The molecule has 1 fully saturated rings. The monoisotopic (exact) mass is 250 g/mol. The Labute approximate surface area is 106 Å². The van der Waals surface area contributed by atoms with E-state index in [9.17, 15) is 9.59 Å². The summed E-state index contributed by atoms with van der Waals surface area (Å²) in [5, 5.41) is 7.07. The number of hydrogen-bond acceptors (Lipinski definition) is 4. The summed E-state index contributed by atoms with van der Waals surface area (Å²) in [7, 11) is 0. The first kappa shape index (κ1) is 12.8. The van der Waals surface area contributed by atoms with Crippen molar-refractivity contribution in [2.24, 2.45) is 0 Å². The van der Waals surface area contributed by atoms with Gasteiger partial charge < -0.3 is 0 Å². The van der Waals surface area contributed by atoms with Crippen molar-refractivity contribution in [3.05, 3.63) is 18.0 Å². The highest BCUT2D eigenvalue weighted by Crippen LogP contribution is 2.16. The number of nitrogens with one attached hydrogen (secondary N) is 1. The number of nitrogens with zero attached hydrogens (tertiary/aromatic N) is 3. The maximum Gasteiger partial charge on any atom is 0.249 e. The lowest BCUT2D eigenvalue weighted by Crippen LogP contribution is -2.63. The predicted octanol–water partition coefficient (Wildman–Crippen LogP) is 0.140. The highest BCUT2D eigenvalue weighted by atomic mass is 16.2. The molecule has 0 aliphatic carbocycles. The third-order valence-electron chi connectivity index (χ3n) is 3.11. The van der Waals surface area contributed by atoms with Crippen molar-refractivity contribution in [3.63, 3.8) is 0 Å². The van der Waals surface area contributed by atoms with Crippen molar-refractivity contribution in [1.29, 1.82) is 0 Å². The molecule has 2 heterocycles. The smallest absolute Gasteiger partial charge is 0.249 e. The number of hydrogen-bond donors (Lipinski definition) is 1. The van der Waals surface area contributed by atoms with Crippen LogP contribution in [-0.2, 0) is 22.7 Å². The summed E-state index contributed by atoms with van der Waals surface area (Å²) in [6.07, 6.45) is 3.55. The predicted molar refractivity (Wildman–Crippen MR) is 65.5 cm³/mol. The van der Waals surface area contributed by atoms with E-state index in [2.05, 4.69) is 10.4 Å². The number of imide groups is 1. The lowest BCUT2D eigenvalue weighted by atomic mass is 10.0. The van der Waals surface area contributed by atoms with Crippen LogP contribution in [0.15, 0.2) is 12.4 Å². The van der Waals surface area contributed by atoms with Crippen LogP contribution in [0.3, 0.4) is 0 Å². The van der Waals surface area contributed by atoms with E-state index in [-0.39, 0.29) is 18.4 Å². The molecule has 1 aliphatic rings. The lowest BCUT2D eigenvalue weighted by molar-refractivity contribution is -0.153. The van der Waals surface area contributed by atoms with Crippen LogP contribution >= 0.6 is 0 Å². The largest absolute Gasteiger partial charge is 0.295 e. The highest BCUT2D eigenvalue weighted by Gasteiger charge is 2.39. The number of rotatable bonds is 3. The van der Waals surface area contributed by atoms with Crippen molar-refractivity contribution < 1.29 is 9.59 Å². The molecular formula is C12H18N4O2. The summed E-state index contributed by atoms with van der Waals surface area (Å²) in [6, 6.07) is 0. The lowest BCUT2D eigenvalue weighted by Gasteiger charge is -2.36. The van der Waals surface area contributed by atoms with Gasteiger partial charge in [0.2, 0.25) is 11.8 Å². The van der Waals surface area contributed by atoms with Gasteiger partial charge in [-0.1, -0.05) is 0 Å². The second kappa shape index (κ2) is 4.53. The Morgan fingerprint density at radius 3 is 2.78 bits per heavy atom. The summed E-state index contributed by atoms with van der Waals surface area (Å²) in [6.45, 7) is 6.81. The Morgan fingerprint density at radius 1 is 1.44 bits per heavy atom. The first-order valence-corrected chi connectivity index (χ1v) is 6.05. The number of carbonyl (C=O) groups excluding carboxylic acids is 2. The number of piperazine rings is 1. The second-order valence-corrected chi connectivity index (χ2v) is 4.97. The number of aryl methyl sites for hydroxylation is 1. The molecule has 2 rings (SSSR count). The maximum atomic E-state index is 12.2. The minimum atomic E-state index is -0.686. The minimum absolute atomic E-state index is 0.191. The Balaban J connectivity index is 2.15. The Morgan fingerprint density at radius 2 is 2.17 bits per heavy atom. The fraction of sp³-hybridized carbons (Fsp3) is 0.583. The van der Waals surface area contributed by atoms with Crippen molar-refractivity contribution in [2.45, 2.75) is 39.4 Å². The summed E-state index contributed by atoms with van der Waals surface area (Å²) >= 11 is 0. The third-order valence-corrected chi connectivity index (χ3v) is 3.11. The first-order valence-electron chi connectivity index (χ1n) is 6.05. The molecule has 1 aromatic rings. The quantitative estimate of drug-likeness (QED) is 0.775. The average Bonchev–Trinajstić information content (AvgIpc) is 2.78. The fourth-order valence-corrected chi connectivity index (χ4v) is 1.92. The molecule has 98 valence electrons. The molecule has 0 aromatic carbocycles. The fourth-order valence-electron chi connectivity index (χ4n) is 1.92. The van der Waals surface area contributed by atoms with Crippen LogP contribution in [0.2, 0.25) is 0 Å². The molecule has 1 aliphatic heterocycles. The van der Waals surface area contributed by atoms with Gasteiger partial charge >= 0.3 is 0 Å². The third kappa shape index (κ3) is 2.28. The number of aromatic nitrogens is 2. The van der Waals surface area contributed by atoms with E-state index < -0.39 is 5.54 Å². The van der Waals surface area contributed by atoms with Gasteiger partial charge in [0.25, 0.3) is 0 Å². The van der Waals surface area contributed by atoms with E-state index in [1.807, 2.05) is 13.1 Å². The van der Waals surface area contributed by atoms with E-state index in [4.69, 9.17) is 0 Å². The van der Waals surface area contributed by atoms with Gasteiger partial charge in [-0.25, -0.2) is 0 Å². The van der Waals surface area contributed by atoms with Crippen molar-refractivity contribution in [3.8, 4) is 0 Å². The van der Waals surface area contributed by atoms with Gasteiger partial charge in [0, 0.05) is 18.3 Å². The van der Waals surface area contributed by atoms with E-state index in [0.717, 1.165) is 12.1 Å². The average molecular weight is 250 g/mol. The summed E-state index contributed by atoms with van der Waals surface area (Å²) in [4.78, 5) is 25.2. The van der Waals surface area contributed by atoms with Gasteiger partial charge in [-0.15, -0.1) is 0 Å². The summed E-state index contributed by atoms with van der Waals surface area (Å²) in [5.41, 5.74) is 0.186. The van der Waals surface area contributed by atoms with Gasteiger partial charge in [0.1, 0.15) is 0 Å². The standard InChI is InChI=1S/C12H18N4O2/c1-4-15-7-9(5-14-15)8-16-10(17)6-13-12(2,3)11(16)18/h5,7,13H,4,6,8H2,1-3H3. The molecule has 0 unspecified atom stereocenters. The molecule has 1 saturated heterocycles. The molecule has 0 spiro atoms. The molecule has 18 heavy (non-hydrogen) atoms. The van der Waals surface area contributed by atoms with Gasteiger partial charge in [-0.3, -0.25) is 24.5 Å². The number of carbonyl (C=O) groups is 2. The Hall–Kier alpha value is -1.69. The summed E-state index contributed by atoms with van der Waals surface area (Å²) in [5.74, 6) is -0.383. The zero-order valence-corrected chi connectivity index (χ0v) is 10.9. The molecule has 0 saturated carbocycles. The van der Waals surface area contributed by atoms with Gasteiger partial charge in [0.05, 0.1) is 24.8 Å². The van der Waals surface area contributed by atoms with Gasteiger partial charge in [0.15, 0.2) is 0 Å². The van der Waals surface area contributed by atoms with Gasteiger partial charge in [-0.05, 0) is 20.8 Å². The van der Waals surface area contributed by atoms with E-state index in [1.165, 1.54) is 4.90 Å². The molecule has 6 nitrogen and oxygen atoms in total. The topological polar surface area (TPSA) is 67.2 Å². The molecule has 1 N–H and O–H groups in total.